The van der Waals surface area contributed by atoms with E-state index in [0.717, 1.165) is 27.9 Å². The van der Waals surface area contributed by atoms with Gasteiger partial charge in [-0.3, -0.25) is 9.69 Å². The quantitative estimate of drug-likeness (QED) is 0.348. The van der Waals surface area contributed by atoms with Crippen LogP contribution in [0.4, 0.5) is 10.8 Å². The number of carbonyl (C=O) groups is 1. The summed E-state index contributed by atoms with van der Waals surface area (Å²) in [6.45, 7) is 10.2. The summed E-state index contributed by atoms with van der Waals surface area (Å²) >= 11 is 3.11. The predicted molar refractivity (Wildman–Crippen MR) is 123 cm³/mol. The highest BCUT2D eigenvalue weighted by Crippen LogP contribution is 2.40. The Morgan fingerprint density at radius 3 is 2.83 bits per heavy atom. The second-order valence-corrected chi connectivity index (χ2v) is 9.35. The topological polar surface area (TPSA) is 63.9 Å². The molecular formula is C22H25N5OS2. The van der Waals surface area contributed by atoms with Gasteiger partial charge in [0.05, 0.1) is 11.4 Å². The Bertz CT molecular complexity index is 1080. The van der Waals surface area contributed by atoms with E-state index < -0.39 is 0 Å². The summed E-state index contributed by atoms with van der Waals surface area (Å²) in [7, 11) is 0. The lowest BCUT2D eigenvalue weighted by Crippen LogP contribution is -2.23. The van der Waals surface area contributed by atoms with Crippen LogP contribution >= 0.6 is 23.1 Å². The van der Waals surface area contributed by atoms with E-state index >= 15 is 0 Å². The molecule has 0 aliphatic heterocycles. The zero-order valence-corrected chi connectivity index (χ0v) is 19.1. The SMILES string of the molecule is C=CCn1c(SCc2csc(N(C(C)=O)c3ccc(C)cc3C)n2)nnc1C1CC1. The summed E-state index contributed by atoms with van der Waals surface area (Å²) in [5.74, 6) is 2.23. The molecule has 0 saturated heterocycles. The minimum Gasteiger partial charge on any atom is -0.302 e. The smallest absolute Gasteiger partial charge is 0.230 e. The molecule has 0 bridgehead atoms. The second-order valence-electron chi connectivity index (χ2n) is 7.57. The molecule has 0 spiro atoms. The Kier molecular flexibility index (Phi) is 6.06. The summed E-state index contributed by atoms with van der Waals surface area (Å²) in [5.41, 5.74) is 4.03. The van der Waals surface area contributed by atoms with Crippen LogP contribution in [-0.2, 0) is 17.1 Å². The van der Waals surface area contributed by atoms with Crippen LogP contribution in [0.1, 0.15) is 48.3 Å². The number of nitrogens with zero attached hydrogens (tertiary/aromatic N) is 5. The molecule has 0 N–H and O–H groups in total. The average molecular weight is 440 g/mol. The van der Waals surface area contributed by atoms with Crippen molar-refractivity contribution in [2.75, 3.05) is 4.90 Å². The van der Waals surface area contributed by atoms with Crippen LogP contribution in [0.3, 0.4) is 0 Å². The third-order valence-electron chi connectivity index (χ3n) is 4.99. The summed E-state index contributed by atoms with van der Waals surface area (Å²) in [6.07, 6.45) is 4.26. The van der Waals surface area contributed by atoms with Crippen LogP contribution < -0.4 is 4.90 Å². The molecular weight excluding hydrogens is 414 g/mol. The van der Waals surface area contributed by atoms with Gasteiger partial charge in [0.15, 0.2) is 10.3 Å². The van der Waals surface area contributed by atoms with Gasteiger partial charge in [0.1, 0.15) is 5.82 Å². The summed E-state index contributed by atoms with van der Waals surface area (Å²) in [4.78, 5) is 18.9. The van der Waals surface area contributed by atoms with Gasteiger partial charge in [0, 0.05) is 30.5 Å². The average Bonchev–Trinajstić information content (AvgIpc) is 3.31. The van der Waals surface area contributed by atoms with Crippen molar-refractivity contribution in [3.8, 4) is 0 Å². The summed E-state index contributed by atoms with van der Waals surface area (Å²) in [6, 6.07) is 6.09. The molecule has 0 radical (unpaired) electrons. The van der Waals surface area contributed by atoms with Crippen molar-refractivity contribution in [3.63, 3.8) is 0 Å². The number of allylic oxidation sites excluding steroid dienone is 1. The zero-order chi connectivity index (χ0) is 21.3. The molecule has 1 aromatic carbocycles. The van der Waals surface area contributed by atoms with Crippen molar-refractivity contribution in [1.29, 1.82) is 0 Å². The minimum atomic E-state index is -0.0460. The van der Waals surface area contributed by atoms with Crippen LogP contribution in [0.5, 0.6) is 0 Å². The third kappa shape index (κ3) is 4.34. The van der Waals surface area contributed by atoms with E-state index in [9.17, 15) is 4.79 Å². The first kappa shape index (κ1) is 20.8. The number of anilines is 2. The molecule has 1 aliphatic carbocycles. The van der Waals surface area contributed by atoms with E-state index in [1.54, 1.807) is 23.6 Å². The molecule has 8 heteroatoms. The van der Waals surface area contributed by atoms with Gasteiger partial charge in [-0.1, -0.05) is 35.5 Å². The lowest BCUT2D eigenvalue weighted by Gasteiger charge is -2.20. The highest BCUT2D eigenvalue weighted by Gasteiger charge is 2.30. The first-order valence-electron chi connectivity index (χ1n) is 9.97. The maximum absolute atomic E-state index is 12.4. The standard InChI is InChI=1S/C22H25N5OS2/c1-5-10-26-20(17-7-8-17)24-25-22(26)30-13-18-12-29-21(23-18)27(16(4)28)19-9-6-14(2)11-15(19)3/h5-6,9,11-12,17H,1,7-8,10,13H2,2-4H3. The Morgan fingerprint density at radius 1 is 1.37 bits per heavy atom. The zero-order valence-electron chi connectivity index (χ0n) is 17.5. The number of thiazole rings is 1. The highest BCUT2D eigenvalue weighted by molar-refractivity contribution is 7.98. The van der Waals surface area contributed by atoms with Gasteiger partial charge in [-0.15, -0.1) is 28.1 Å². The Morgan fingerprint density at radius 2 is 2.17 bits per heavy atom. The fraction of sp³-hybridized carbons (Fsp3) is 0.364. The number of thioether (sulfide) groups is 1. The fourth-order valence-corrected chi connectivity index (χ4v) is 5.25. The van der Waals surface area contributed by atoms with Gasteiger partial charge in [0.2, 0.25) is 5.91 Å². The number of carbonyl (C=O) groups excluding carboxylic acids is 1. The first-order chi connectivity index (χ1) is 14.5. The number of rotatable bonds is 8. The van der Waals surface area contributed by atoms with Crippen molar-refractivity contribution in [1.82, 2.24) is 19.7 Å². The molecule has 1 aliphatic rings. The largest absolute Gasteiger partial charge is 0.302 e. The predicted octanol–water partition coefficient (Wildman–Crippen LogP) is 5.39. The van der Waals surface area contributed by atoms with E-state index in [4.69, 9.17) is 4.98 Å². The van der Waals surface area contributed by atoms with Crippen LogP contribution in [0.2, 0.25) is 0 Å². The Labute approximate surface area is 185 Å². The van der Waals surface area contributed by atoms with E-state index in [-0.39, 0.29) is 5.91 Å². The molecule has 0 unspecified atom stereocenters. The Balaban J connectivity index is 1.52. The molecule has 3 aromatic rings. The van der Waals surface area contributed by atoms with Crippen LogP contribution in [0, 0.1) is 13.8 Å². The van der Waals surface area contributed by atoms with Gasteiger partial charge in [-0.25, -0.2) is 4.98 Å². The van der Waals surface area contributed by atoms with Crippen molar-refractivity contribution in [2.24, 2.45) is 0 Å². The molecule has 2 heterocycles. The van der Waals surface area contributed by atoms with Gasteiger partial charge in [0.25, 0.3) is 0 Å². The molecule has 2 aromatic heterocycles. The molecule has 0 atom stereocenters. The number of hydrogen-bond donors (Lipinski definition) is 0. The minimum absolute atomic E-state index is 0.0460. The van der Waals surface area contributed by atoms with Gasteiger partial charge in [-0.05, 0) is 38.3 Å². The van der Waals surface area contributed by atoms with E-state index in [1.165, 1.54) is 29.7 Å². The molecule has 1 amide bonds. The molecule has 4 rings (SSSR count). The van der Waals surface area contributed by atoms with Crippen molar-refractivity contribution < 1.29 is 4.79 Å². The number of amides is 1. The highest BCUT2D eigenvalue weighted by atomic mass is 32.2. The molecule has 1 saturated carbocycles. The number of hydrogen-bond acceptors (Lipinski definition) is 6. The van der Waals surface area contributed by atoms with E-state index in [2.05, 4.69) is 27.4 Å². The molecule has 1 fully saturated rings. The monoisotopic (exact) mass is 439 g/mol. The summed E-state index contributed by atoms with van der Waals surface area (Å²) in [5, 5.41) is 12.4. The van der Waals surface area contributed by atoms with Crippen molar-refractivity contribution in [2.45, 2.75) is 57.0 Å². The molecule has 156 valence electrons. The van der Waals surface area contributed by atoms with Gasteiger partial charge >= 0.3 is 0 Å². The second kappa shape index (κ2) is 8.73. The van der Waals surface area contributed by atoms with Crippen molar-refractivity contribution in [3.05, 3.63) is 58.9 Å². The maximum atomic E-state index is 12.4. The maximum Gasteiger partial charge on any atom is 0.230 e. The lowest BCUT2D eigenvalue weighted by atomic mass is 10.1. The normalized spacial score (nSPS) is 13.4. The number of benzene rings is 1. The van der Waals surface area contributed by atoms with Gasteiger partial charge in [-0.2, -0.15) is 0 Å². The third-order valence-corrected chi connectivity index (χ3v) is 6.86. The first-order valence-corrected chi connectivity index (χ1v) is 11.8. The number of aromatic nitrogens is 4. The van der Waals surface area contributed by atoms with Crippen molar-refractivity contribution >= 4 is 39.8 Å². The van der Waals surface area contributed by atoms with E-state index in [1.807, 2.05) is 37.4 Å². The van der Waals surface area contributed by atoms with Gasteiger partial charge < -0.3 is 4.57 Å². The lowest BCUT2D eigenvalue weighted by molar-refractivity contribution is -0.115. The molecule has 6 nitrogen and oxygen atoms in total. The van der Waals surface area contributed by atoms with E-state index in [0.29, 0.717) is 23.3 Å². The van der Waals surface area contributed by atoms with Crippen LogP contribution in [0.15, 0.2) is 41.4 Å². The fourth-order valence-electron chi connectivity index (χ4n) is 3.42. The van der Waals surface area contributed by atoms with Crippen LogP contribution in [0.25, 0.3) is 0 Å². The van der Waals surface area contributed by atoms with Crippen LogP contribution in [-0.4, -0.2) is 25.7 Å². The molecule has 30 heavy (non-hydrogen) atoms. The number of aryl methyl sites for hydroxylation is 2. The Hall–Kier alpha value is -2.45. The summed E-state index contributed by atoms with van der Waals surface area (Å²) < 4.78 is 2.15.